The maximum absolute atomic E-state index is 4.43. The van der Waals surface area contributed by atoms with Gasteiger partial charge in [0.25, 0.3) is 0 Å². The van der Waals surface area contributed by atoms with Gasteiger partial charge in [-0.15, -0.1) is 0 Å². The van der Waals surface area contributed by atoms with Gasteiger partial charge in [-0.05, 0) is 12.8 Å². The minimum atomic E-state index is 0.640. The van der Waals surface area contributed by atoms with Crippen molar-refractivity contribution in [2.24, 2.45) is 4.99 Å². The second-order valence-corrected chi connectivity index (χ2v) is 3.17. The van der Waals surface area contributed by atoms with Gasteiger partial charge in [-0.2, -0.15) is 0 Å². The van der Waals surface area contributed by atoms with Crippen molar-refractivity contribution in [3.8, 4) is 0 Å². The third-order valence-corrected chi connectivity index (χ3v) is 2.00. The molecule has 1 unspecified atom stereocenters. The summed E-state index contributed by atoms with van der Waals surface area (Å²) in [6, 6.07) is 0.640. The van der Waals surface area contributed by atoms with E-state index in [9.17, 15) is 0 Å². The van der Waals surface area contributed by atoms with E-state index in [1.807, 2.05) is 0 Å². The Kier molecular flexibility index (Phi) is 3.40. The SMILES string of the molecule is CCCC1=NCC(CCC)N1. The molecule has 0 aromatic heterocycles. The maximum atomic E-state index is 4.43. The summed E-state index contributed by atoms with van der Waals surface area (Å²) in [5.41, 5.74) is 0. The summed E-state index contributed by atoms with van der Waals surface area (Å²) in [6.07, 6.45) is 4.84. The molecular formula is C9H18N2. The fourth-order valence-electron chi connectivity index (χ4n) is 1.45. The standard InChI is InChI=1S/C9H18N2/c1-3-5-8-7-10-9(11-8)6-4-2/h8H,3-7H2,1-2H3,(H,10,11). The lowest BCUT2D eigenvalue weighted by atomic mass is 10.2. The van der Waals surface area contributed by atoms with Gasteiger partial charge in [0.2, 0.25) is 0 Å². The molecule has 1 N–H and O–H groups in total. The molecule has 0 amide bonds. The fourth-order valence-corrected chi connectivity index (χ4v) is 1.45. The number of rotatable bonds is 4. The van der Waals surface area contributed by atoms with E-state index in [2.05, 4.69) is 24.2 Å². The lowest BCUT2D eigenvalue weighted by Gasteiger charge is -2.09. The quantitative estimate of drug-likeness (QED) is 0.657. The van der Waals surface area contributed by atoms with E-state index in [0.717, 1.165) is 13.0 Å². The van der Waals surface area contributed by atoms with Gasteiger partial charge in [-0.3, -0.25) is 4.99 Å². The molecule has 1 rings (SSSR count). The van der Waals surface area contributed by atoms with Crippen LogP contribution in [0, 0.1) is 0 Å². The summed E-state index contributed by atoms with van der Waals surface area (Å²) in [5, 5.41) is 3.44. The number of aliphatic imine (C=N–C) groups is 1. The highest BCUT2D eigenvalue weighted by Crippen LogP contribution is 2.05. The van der Waals surface area contributed by atoms with Crippen molar-refractivity contribution in [3.05, 3.63) is 0 Å². The highest BCUT2D eigenvalue weighted by Gasteiger charge is 2.14. The second-order valence-electron chi connectivity index (χ2n) is 3.17. The van der Waals surface area contributed by atoms with Crippen LogP contribution in [0.2, 0.25) is 0 Å². The summed E-state index contributed by atoms with van der Waals surface area (Å²) >= 11 is 0. The van der Waals surface area contributed by atoms with Gasteiger partial charge in [0, 0.05) is 12.5 Å². The van der Waals surface area contributed by atoms with Crippen molar-refractivity contribution < 1.29 is 0 Å². The molecule has 0 aromatic rings. The molecule has 0 spiro atoms. The molecule has 2 nitrogen and oxygen atoms in total. The van der Waals surface area contributed by atoms with E-state index >= 15 is 0 Å². The third-order valence-electron chi connectivity index (χ3n) is 2.00. The summed E-state index contributed by atoms with van der Waals surface area (Å²) in [5.74, 6) is 1.23. The van der Waals surface area contributed by atoms with Crippen LogP contribution < -0.4 is 5.32 Å². The highest BCUT2D eigenvalue weighted by molar-refractivity contribution is 5.83. The Labute approximate surface area is 69.1 Å². The van der Waals surface area contributed by atoms with Crippen molar-refractivity contribution in [2.45, 2.75) is 45.6 Å². The van der Waals surface area contributed by atoms with Gasteiger partial charge in [-0.1, -0.05) is 20.3 Å². The predicted molar refractivity (Wildman–Crippen MR) is 49.0 cm³/mol. The Morgan fingerprint density at radius 1 is 1.45 bits per heavy atom. The summed E-state index contributed by atoms with van der Waals surface area (Å²) < 4.78 is 0. The first-order valence-corrected chi connectivity index (χ1v) is 4.66. The van der Waals surface area contributed by atoms with Crippen LogP contribution >= 0.6 is 0 Å². The van der Waals surface area contributed by atoms with Crippen LogP contribution in [0.25, 0.3) is 0 Å². The average Bonchev–Trinajstić information content (AvgIpc) is 2.38. The summed E-state index contributed by atoms with van der Waals surface area (Å²) in [7, 11) is 0. The molecule has 0 radical (unpaired) electrons. The molecule has 1 aliphatic heterocycles. The van der Waals surface area contributed by atoms with Gasteiger partial charge < -0.3 is 5.32 Å². The Balaban J connectivity index is 2.19. The number of hydrogen-bond donors (Lipinski definition) is 1. The van der Waals surface area contributed by atoms with E-state index in [1.165, 1.54) is 25.1 Å². The Morgan fingerprint density at radius 2 is 2.27 bits per heavy atom. The van der Waals surface area contributed by atoms with Crippen molar-refractivity contribution in [3.63, 3.8) is 0 Å². The number of nitrogens with zero attached hydrogens (tertiary/aromatic N) is 1. The van der Waals surface area contributed by atoms with Crippen LogP contribution in [0.5, 0.6) is 0 Å². The zero-order chi connectivity index (χ0) is 8.10. The molecule has 0 saturated heterocycles. The molecule has 0 aromatic carbocycles. The normalized spacial score (nSPS) is 23.1. The average molecular weight is 154 g/mol. The van der Waals surface area contributed by atoms with Crippen LogP contribution in [0.3, 0.4) is 0 Å². The van der Waals surface area contributed by atoms with Crippen LogP contribution in [-0.4, -0.2) is 18.4 Å². The molecular weight excluding hydrogens is 136 g/mol. The Hall–Kier alpha value is -0.530. The molecule has 1 aliphatic rings. The first-order chi connectivity index (χ1) is 5.36. The first kappa shape index (κ1) is 8.57. The van der Waals surface area contributed by atoms with Crippen LogP contribution in [-0.2, 0) is 0 Å². The number of hydrogen-bond acceptors (Lipinski definition) is 2. The molecule has 0 saturated carbocycles. The fraction of sp³-hybridized carbons (Fsp3) is 0.889. The van der Waals surface area contributed by atoms with Crippen LogP contribution in [0.1, 0.15) is 39.5 Å². The largest absolute Gasteiger partial charge is 0.369 e. The zero-order valence-electron chi connectivity index (χ0n) is 7.56. The van der Waals surface area contributed by atoms with E-state index < -0.39 is 0 Å². The van der Waals surface area contributed by atoms with Crippen molar-refractivity contribution in [2.75, 3.05) is 6.54 Å². The molecule has 0 aliphatic carbocycles. The van der Waals surface area contributed by atoms with Gasteiger partial charge >= 0.3 is 0 Å². The predicted octanol–water partition coefficient (Wildman–Crippen LogP) is 1.96. The van der Waals surface area contributed by atoms with Gasteiger partial charge in [0.05, 0.1) is 12.4 Å². The Morgan fingerprint density at radius 3 is 2.91 bits per heavy atom. The molecule has 1 heterocycles. The Bertz CT molecular complexity index is 140. The second kappa shape index (κ2) is 4.37. The van der Waals surface area contributed by atoms with E-state index in [0.29, 0.717) is 6.04 Å². The molecule has 1 atom stereocenters. The molecule has 0 fully saturated rings. The van der Waals surface area contributed by atoms with Crippen LogP contribution in [0.15, 0.2) is 4.99 Å². The van der Waals surface area contributed by atoms with E-state index in [4.69, 9.17) is 0 Å². The topological polar surface area (TPSA) is 24.4 Å². The molecule has 0 bridgehead atoms. The summed E-state index contributed by atoms with van der Waals surface area (Å²) in [6.45, 7) is 5.42. The lowest BCUT2D eigenvalue weighted by molar-refractivity contribution is 0.589. The third kappa shape index (κ3) is 2.52. The first-order valence-electron chi connectivity index (χ1n) is 4.66. The smallest absolute Gasteiger partial charge is 0.0966 e. The van der Waals surface area contributed by atoms with Crippen LogP contribution in [0.4, 0.5) is 0 Å². The van der Waals surface area contributed by atoms with E-state index in [1.54, 1.807) is 0 Å². The minimum absolute atomic E-state index is 0.640. The number of amidine groups is 1. The van der Waals surface area contributed by atoms with E-state index in [-0.39, 0.29) is 0 Å². The van der Waals surface area contributed by atoms with Crippen molar-refractivity contribution in [1.82, 2.24) is 5.32 Å². The van der Waals surface area contributed by atoms with Gasteiger partial charge in [0.15, 0.2) is 0 Å². The molecule has 2 heteroatoms. The van der Waals surface area contributed by atoms with Gasteiger partial charge in [-0.25, -0.2) is 0 Å². The van der Waals surface area contributed by atoms with Crippen molar-refractivity contribution >= 4 is 5.84 Å². The molecule has 11 heavy (non-hydrogen) atoms. The monoisotopic (exact) mass is 154 g/mol. The number of nitrogens with one attached hydrogen (secondary N) is 1. The summed E-state index contributed by atoms with van der Waals surface area (Å²) in [4.78, 5) is 4.43. The van der Waals surface area contributed by atoms with Gasteiger partial charge in [0.1, 0.15) is 0 Å². The minimum Gasteiger partial charge on any atom is -0.369 e. The maximum Gasteiger partial charge on any atom is 0.0966 e. The zero-order valence-corrected chi connectivity index (χ0v) is 7.56. The lowest BCUT2D eigenvalue weighted by Crippen LogP contribution is -2.29. The highest BCUT2D eigenvalue weighted by atomic mass is 15.1. The van der Waals surface area contributed by atoms with Crippen molar-refractivity contribution in [1.29, 1.82) is 0 Å². The molecule has 64 valence electrons.